The molecule has 0 unspecified atom stereocenters. The van der Waals surface area contributed by atoms with E-state index in [9.17, 15) is 4.79 Å². The molecular formula is C19H37N5O. The maximum atomic E-state index is 12.6. The molecule has 0 radical (unpaired) electrons. The summed E-state index contributed by atoms with van der Waals surface area (Å²) in [7, 11) is 7.73. The van der Waals surface area contributed by atoms with Crippen LogP contribution < -0.4 is 10.6 Å². The number of rotatable bonds is 7. The molecule has 0 aromatic rings. The van der Waals surface area contributed by atoms with E-state index < -0.39 is 0 Å². The molecule has 2 aliphatic carbocycles. The van der Waals surface area contributed by atoms with Crippen molar-refractivity contribution in [2.24, 2.45) is 10.4 Å². The van der Waals surface area contributed by atoms with Crippen molar-refractivity contribution in [1.29, 1.82) is 0 Å². The monoisotopic (exact) mass is 351 g/mol. The molecule has 1 amide bonds. The van der Waals surface area contributed by atoms with Crippen LogP contribution in [-0.4, -0.2) is 75.5 Å². The Balaban J connectivity index is 1.78. The Hall–Kier alpha value is -1.30. The smallest absolute Gasteiger partial charge is 0.230 e. The maximum absolute atomic E-state index is 12.6. The zero-order chi connectivity index (χ0) is 18.3. The van der Waals surface area contributed by atoms with E-state index in [2.05, 4.69) is 27.6 Å². The molecule has 2 aliphatic rings. The Morgan fingerprint density at radius 1 is 1.08 bits per heavy atom. The number of hydrogen-bond acceptors (Lipinski definition) is 3. The second-order valence-corrected chi connectivity index (χ2v) is 7.96. The number of amides is 1. The van der Waals surface area contributed by atoms with Crippen molar-refractivity contribution in [3.63, 3.8) is 0 Å². The number of carbonyl (C=O) groups excluding carboxylic acids is 1. The van der Waals surface area contributed by atoms with Crippen molar-refractivity contribution in [3.05, 3.63) is 0 Å². The summed E-state index contributed by atoms with van der Waals surface area (Å²) in [6, 6.07) is 0.747. The maximum Gasteiger partial charge on any atom is 0.230 e. The van der Waals surface area contributed by atoms with Crippen LogP contribution in [0.1, 0.15) is 51.4 Å². The van der Waals surface area contributed by atoms with E-state index in [1.165, 1.54) is 25.7 Å². The van der Waals surface area contributed by atoms with Gasteiger partial charge in [0, 0.05) is 46.8 Å². The fraction of sp³-hybridized carbons (Fsp3) is 0.895. The van der Waals surface area contributed by atoms with Gasteiger partial charge in [-0.1, -0.05) is 25.7 Å². The van der Waals surface area contributed by atoms with Crippen LogP contribution in [0.15, 0.2) is 4.99 Å². The molecule has 2 saturated carbocycles. The van der Waals surface area contributed by atoms with Crippen LogP contribution in [0.5, 0.6) is 0 Å². The van der Waals surface area contributed by atoms with E-state index in [0.29, 0.717) is 6.54 Å². The van der Waals surface area contributed by atoms with Crippen LogP contribution in [0, 0.1) is 5.41 Å². The third-order valence-electron chi connectivity index (χ3n) is 5.94. The summed E-state index contributed by atoms with van der Waals surface area (Å²) < 4.78 is 0. The molecule has 6 nitrogen and oxygen atoms in total. The highest BCUT2D eigenvalue weighted by atomic mass is 16.2. The zero-order valence-corrected chi connectivity index (χ0v) is 16.6. The molecule has 0 aliphatic heterocycles. The van der Waals surface area contributed by atoms with Crippen molar-refractivity contribution in [2.45, 2.75) is 57.4 Å². The Morgan fingerprint density at radius 2 is 1.72 bits per heavy atom. The lowest BCUT2D eigenvalue weighted by Crippen LogP contribution is -2.50. The number of aliphatic imine (C=N–C) groups is 1. The van der Waals surface area contributed by atoms with Crippen molar-refractivity contribution in [1.82, 2.24) is 20.4 Å². The number of hydrogen-bond donors (Lipinski definition) is 2. The largest absolute Gasteiger partial charge is 0.355 e. The molecule has 2 N–H and O–H groups in total. The highest BCUT2D eigenvalue weighted by molar-refractivity contribution is 5.85. The van der Waals surface area contributed by atoms with Gasteiger partial charge in [0.15, 0.2) is 5.96 Å². The molecule has 0 saturated heterocycles. The zero-order valence-electron chi connectivity index (χ0n) is 16.6. The molecular weight excluding hydrogens is 314 g/mol. The van der Waals surface area contributed by atoms with Crippen LogP contribution in [0.25, 0.3) is 0 Å². The molecule has 144 valence electrons. The highest BCUT2D eigenvalue weighted by Gasteiger charge is 2.42. The quantitative estimate of drug-likeness (QED) is 0.541. The third kappa shape index (κ3) is 5.33. The van der Waals surface area contributed by atoms with Gasteiger partial charge >= 0.3 is 0 Å². The first kappa shape index (κ1) is 20.0. The molecule has 0 aromatic carbocycles. The van der Waals surface area contributed by atoms with Gasteiger partial charge in [0.2, 0.25) is 5.91 Å². The third-order valence-corrected chi connectivity index (χ3v) is 5.94. The van der Waals surface area contributed by atoms with E-state index >= 15 is 0 Å². The predicted octanol–water partition coefficient (Wildman–Crippen LogP) is 1.67. The van der Waals surface area contributed by atoms with E-state index in [1.807, 2.05) is 14.1 Å². The Labute approximate surface area is 153 Å². The minimum Gasteiger partial charge on any atom is -0.355 e. The minimum atomic E-state index is -0.262. The number of nitrogens with one attached hydrogen (secondary N) is 2. The minimum absolute atomic E-state index is 0.244. The van der Waals surface area contributed by atoms with Crippen molar-refractivity contribution < 1.29 is 4.79 Å². The number of carbonyl (C=O) groups is 1. The summed E-state index contributed by atoms with van der Waals surface area (Å²) >= 11 is 0. The SMILES string of the molecule is CN=C(NCCN(C)C1CCCC1)NCC1(C(=O)N(C)C)CCCC1. The van der Waals surface area contributed by atoms with Crippen LogP contribution >= 0.6 is 0 Å². The van der Waals surface area contributed by atoms with Gasteiger partial charge in [0.1, 0.15) is 0 Å². The molecule has 0 aromatic heterocycles. The van der Waals surface area contributed by atoms with Gasteiger partial charge in [-0.15, -0.1) is 0 Å². The summed E-state index contributed by atoms with van der Waals surface area (Å²) in [5.41, 5.74) is -0.262. The van der Waals surface area contributed by atoms with Gasteiger partial charge in [-0.25, -0.2) is 0 Å². The Bertz CT molecular complexity index is 451. The van der Waals surface area contributed by atoms with Gasteiger partial charge in [-0.05, 0) is 32.7 Å². The van der Waals surface area contributed by atoms with Crippen LogP contribution in [-0.2, 0) is 4.79 Å². The van der Waals surface area contributed by atoms with E-state index in [-0.39, 0.29) is 11.3 Å². The van der Waals surface area contributed by atoms with Gasteiger partial charge < -0.3 is 20.4 Å². The normalized spacial score (nSPS) is 20.9. The second-order valence-electron chi connectivity index (χ2n) is 7.96. The van der Waals surface area contributed by atoms with Gasteiger partial charge in [0.05, 0.1) is 5.41 Å². The molecule has 0 atom stereocenters. The standard InChI is InChI=1S/C19H37N5O/c1-20-18(21-13-14-24(4)16-9-5-6-10-16)22-15-19(11-7-8-12-19)17(25)23(2)3/h16H,5-15H2,1-4H3,(H2,20,21,22). The average molecular weight is 352 g/mol. The lowest BCUT2D eigenvalue weighted by atomic mass is 9.84. The van der Waals surface area contributed by atoms with Crippen LogP contribution in [0.2, 0.25) is 0 Å². The lowest BCUT2D eigenvalue weighted by Gasteiger charge is -2.31. The summed E-state index contributed by atoms with van der Waals surface area (Å²) in [5, 5.41) is 6.81. The Kier molecular flexibility index (Phi) is 7.54. The first-order valence-electron chi connectivity index (χ1n) is 9.85. The fourth-order valence-corrected chi connectivity index (χ4v) is 4.34. The predicted molar refractivity (Wildman–Crippen MR) is 104 cm³/mol. The fourth-order valence-electron chi connectivity index (χ4n) is 4.34. The van der Waals surface area contributed by atoms with Crippen molar-refractivity contribution in [2.75, 3.05) is 47.8 Å². The molecule has 2 fully saturated rings. The summed E-state index contributed by atoms with van der Waals surface area (Å²) in [4.78, 5) is 21.2. The number of guanidine groups is 1. The van der Waals surface area contributed by atoms with Crippen molar-refractivity contribution >= 4 is 11.9 Å². The topological polar surface area (TPSA) is 60.0 Å². The Morgan fingerprint density at radius 3 is 2.28 bits per heavy atom. The number of likely N-dealkylation sites (N-methyl/N-ethyl adjacent to an activating group) is 1. The van der Waals surface area contributed by atoms with Crippen LogP contribution in [0.4, 0.5) is 0 Å². The summed E-state index contributed by atoms with van der Waals surface area (Å²) in [6.45, 7) is 2.57. The van der Waals surface area contributed by atoms with Crippen molar-refractivity contribution in [3.8, 4) is 0 Å². The average Bonchev–Trinajstić information content (AvgIpc) is 3.29. The molecule has 0 heterocycles. The van der Waals surface area contributed by atoms with Crippen LogP contribution in [0.3, 0.4) is 0 Å². The van der Waals surface area contributed by atoms with E-state index in [1.54, 1.807) is 11.9 Å². The van der Waals surface area contributed by atoms with E-state index in [4.69, 9.17) is 0 Å². The molecule has 0 spiro atoms. The van der Waals surface area contributed by atoms with Gasteiger partial charge in [-0.2, -0.15) is 0 Å². The van der Waals surface area contributed by atoms with E-state index in [0.717, 1.165) is 50.8 Å². The second kappa shape index (κ2) is 9.41. The highest BCUT2D eigenvalue weighted by Crippen LogP contribution is 2.38. The number of nitrogens with zero attached hydrogens (tertiary/aromatic N) is 3. The summed E-state index contributed by atoms with van der Waals surface area (Å²) in [6.07, 6.45) is 9.62. The van der Waals surface area contributed by atoms with Gasteiger partial charge in [0.25, 0.3) is 0 Å². The molecule has 6 heteroatoms. The molecule has 25 heavy (non-hydrogen) atoms. The summed E-state index contributed by atoms with van der Waals surface area (Å²) in [5.74, 6) is 1.05. The molecule has 2 rings (SSSR count). The van der Waals surface area contributed by atoms with Gasteiger partial charge in [-0.3, -0.25) is 9.79 Å². The molecule has 0 bridgehead atoms. The first-order valence-corrected chi connectivity index (χ1v) is 9.85. The first-order chi connectivity index (χ1) is 12.0. The lowest BCUT2D eigenvalue weighted by molar-refractivity contribution is -0.138.